The highest BCUT2D eigenvalue weighted by Crippen LogP contribution is 2.35. The van der Waals surface area contributed by atoms with Crippen LogP contribution in [0.25, 0.3) is 6.08 Å². The van der Waals surface area contributed by atoms with Crippen LogP contribution in [-0.2, 0) is 22.6 Å². The summed E-state index contributed by atoms with van der Waals surface area (Å²) in [5, 5.41) is 22.4. The third kappa shape index (κ3) is 6.03. The second-order valence-electron chi connectivity index (χ2n) is 8.18. The average molecular weight is 423 g/mol. The molecule has 1 amide bonds. The summed E-state index contributed by atoms with van der Waals surface area (Å²) in [6.45, 7) is 0.441. The number of carbonyl (C=O) groups is 2. The van der Waals surface area contributed by atoms with E-state index in [9.17, 15) is 14.7 Å². The van der Waals surface area contributed by atoms with E-state index in [2.05, 4.69) is 5.32 Å². The Labute approximate surface area is 183 Å². The Bertz CT molecular complexity index is 889. The van der Waals surface area contributed by atoms with E-state index in [4.69, 9.17) is 5.21 Å². The molecular formula is C25H30N2O4. The molecule has 0 aromatic heterocycles. The minimum Gasteiger partial charge on any atom is -0.480 e. The highest BCUT2D eigenvalue weighted by atomic mass is 16.5. The van der Waals surface area contributed by atoms with Crippen molar-refractivity contribution in [3.8, 4) is 0 Å². The zero-order chi connectivity index (χ0) is 22.1. The van der Waals surface area contributed by atoms with Gasteiger partial charge >= 0.3 is 5.97 Å². The van der Waals surface area contributed by atoms with E-state index in [0.29, 0.717) is 13.0 Å². The Morgan fingerprint density at radius 3 is 2.26 bits per heavy atom. The zero-order valence-corrected chi connectivity index (χ0v) is 17.6. The van der Waals surface area contributed by atoms with Crippen molar-refractivity contribution in [3.05, 3.63) is 77.4 Å². The number of hydroxylamine groups is 1. The fraction of sp³-hybridized carbons (Fsp3) is 0.360. The van der Waals surface area contributed by atoms with Gasteiger partial charge in [0.05, 0.1) is 0 Å². The highest BCUT2D eigenvalue weighted by Gasteiger charge is 2.45. The van der Waals surface area contributed by atoms with Crippen LogP contribution < -0.4 is 10.8 Å². The molecule has 4 N–H and O–H groups in total. The number of aliphatic carboxylic acids is 1. The molecule has 164 valence electrons. The summed E-state index contributed by atoms with van der Waals surface area (Å²) in [6.07, 6.45) is 8.43. The quantitative estimate of drug-likeness (QED) is 0.279. The minimum absolute atomic E-state index is 0.0816. The van der Waals surface area contributed by atoms with Gasteiger partial charge in [-0.25, -0.2) is 5.48 Å². The van der Waals surface area contributed by atoms with Crippen molar-refractivity contribution in [2.45, 2.75) is 50.6 Å². The molecule has 1 atom stereocenters. The molecule has 1 aliphatic rings. The molecule has 6 heteroatoms. The lowest BCUT2D eigenvalue weighted by atomic mass is 9.71. The van der Waals surface area contributed by atoms with Crippen molar-refractivity contribution in [2.75, 3.05) is 0 Å². The molecule has 0 aliphatic heterocycles. The van der Waals surface area contributed by atoms with Gasteiger partial charge in [-0.3, -0.25) is 20.1 Å². The fourth-order valence-electron chi connectivity index (χ4n) is 4.41. The predicted octanol–water partition coefficient (Wildman–Crippen LogP) is 3.94. The number of rotatable bonds is 9. The van der Waals surface area contributed by atoms with Crippen LogP contribution in [0.3, 0.4) is 0 Å². The molecule has 1 fully saturated rings. The van der Waals surface area contributed by atoms with Crippen molar-refractivity contribution in [2.24, 2.45) is 5.92 Å². The summed E-state index contributed by atoms with van der Waals surface area (Å²) in [7, 11) is 0. The van der Waals surface area contributed by atoms with Gasteiger partial charge in [-0.15, -0.1) is 0 Å². The Kier molecular flexibility index (Phi) is 7.98. The van der Waals surface area contributed by atoms with Crippen LogP contribution >= 0.6 is 0 Å². The van der Waals surface area contributed by atoms with E-state index in [1.165, 1.54) is 12.5 Å². The second-order valence-corrected chi connectivity index (χ2v) is 8.18. The maximum atomic E-state index is 12.6. The summed E-state index contributed by atoms with van der Waals surface area (Å²) < 4.78 is 0. The summed E-state index contributed by atoms with van der Waals surface area (Å²) in [5.74, 6) is -1.30. The van der Waals surface area contributed by atoms with Crippen molar-refractivity contribution in [3.63, 3.8) is 0 Å². The van der Waals surface area contributed by atoms with E-state index >= 15 is 0 Å². The Balaban J connectivity index is 1.78. The van der Waals surface area contributed by atoms with Crippen LogP contribution in [0.2, 0.25) is 0 Å². The second kappa shape index (κ2) is 10.9. The van der Waals surface area contributed by atoms with Gasteiger partial charge in [-0.05, 0) is 41.5 Å². The molecule has 1 aliphatic carbocycles. The molecule has 31 heavy (non-hydrogen) atoms. The van der Waals surface area contributed by atoms with Gasteiger partial charge in [-0.1, -0.05) is 73.9 Å². The molecule has 3 rings (SSSR count). The van der Waals surface area contributed by atoms with Crippen LogP contribution in [0, 0.1) is 5.92 Å². The van der Waals surface area contributed by atoms with Crippen LogP contribution in [0.15, 0.2) is 60.7 Å². The largest absolute Gasteiger partial charge is 0.480 e. The average Bonchev–Trinajstić information content (AvgIpc) is 2.82. The smallest absolute Gasteiger partial charge is 0.324 e. The predicted molar refractivity (Wildman–Crippen MR) is 119 cm³/mol. The monoisotopic (exact) mass is 422 g/mol. The van der Waals surface area contributed by atoms with Gasteiger partial charge in [0.1, 0.15) is 5.54 Å². The van der Waals surface area contributed by atoms with Gasteiger partial charge < -0.3 is 5.11 Å². The van der Waals surface area contributed by atoms with Crippen LogP contribution in [0.4, 0.5) is 0 Å². The van der Waals surface area contributed by atoms with Gasteiger partial charge in [0.15, 0.2) is 0 Å². The zero-order valence-electron chi connectivity index (χ0n) is 17.6. The van der Waals surface area contributed by atoms with E-state index in [0.717, 1.165) is 42.4 Å². The van der Waals surface area contributed by atoms with E-state index < -0.39 is 17.4 Å². The molecular weight excluding hydrogens is 392 g/mol. The van der Waals surface area contributed by atoms with E-state index in [1.54, 1.807) is 11.6 Å². The molecule has 2 aromatic rings. The van der Waals surface area contributed by atoms with Crippen molar-refractivity contribution in [1.82, 2.24) is 10.8 Å². The van der Waals surface area contributed by atoms with Crippen molar-refractivity contribution < 1.29 is 19.9 Å². The summed E-state index contributed by atoms with van der Waals surface area (Å²) in [5.41, 5.74) is 3.34. The van der Waals surface area contributed by atoms with Crippen LogP contribution in [0.5, 0.6) is 0 Å². The summed E-state index contributed by atoms with van der Waals surface area (Å²) in [6, 6.07) is 17.4. The van der Waals surface area contributed by atoms with Crippen molar-refractivity contribution >= 4 is 18.0 Å². The number of carboxylic acid groups (broad SMARTS) is 1. The van der Waals surface area contributed by atoms with Gasteiger partial charge in [0.2, 0.25) is 0 Å². The number of benzene rings is 2. The third-order valence-corrected chi connectivity index (χ3v) is 6.13. The first kappa shape index (κ1) is 22.7. The number of carbonyl (C=O) groups excluding carboxylic acids is 1. The Morgan fingerprint density at radius 2 is 1.65 bits per heavy atom. The first-order chi connectivity index (χ1) is 15.0. The minimum atomic E-state index is -1.01. The Hall–Kier alpha value is -2.96. The molecule has 6 nitrogen and oxygen atoms in total. The van der Waals surface area contributed by atoms with E-state index in [-0.39, 0.29) is 5.92 Å². The molecule has 0 spiro atoms. The molecule has 1 saturated carbocycles. The lowest BCUT2D eigenvalue weighted by Gasteiger charge is -2.40. The molecule has 0 heterocycles. The molecule has 0 bridgehead atoms. The summed E-state index contributed by atoms with van der Waals surface area (Å²) >= 11 is 0. The maximum absolute atomic E-state index is 12.6. The maximum Gasteiger partial charge on any atom is 0.324 e. The standard InChI is InChI=1S/C25H30N2O4/c28-23(27-31)16-15-19-11-13-21(14-12-19)18-26-25(24(29)30,22-9-5-2-6-10-22)17-20-7-3-1-4-8-20/h1,3-4,7-8,11-16,22,26,31H,2,5-6,9-10,17-18H2,(H,27,28)(H,29,30)/b16-15+/t25-/m0/s1. The number of carboxylic acids is 1. The van der Waals surface area contributed by atoms with Gasteiger partial charge in [0, 0.05) is 19.0 Å². The number of amides is 1. The summed E-state index contributed by atoms with van der Waals surface area (Å²) in [4.78, 5) is 23.8. The highest BCUT2D eigenvalue weighted by molar-refractivity contribution is 5.90. The third-order valence-electron chi connectivity index (χ3n) is 6.13. The Morgan fingerprint density at radius 1 is 0.968 bits per heavy atom. The number of hydrogen-bond donors (Lipinski definition) is 4. The van der Waals surface area contributed by atoms with Crippen LogP contribution in [-0.4, -0.2) is 27.7 Å². The number of hydrogen-bond acceptors (Lipinski definition) is 4. The molecule has 0 saturated heterocycles. The topological polar surface area (TPSA) is 98.7 Å². The SMILES string of the molecule is O=C(/C=C/c1ccc(CN[C@](Cc2ccccc2)(C(=O)O)C2CCCCC2)cc1)NO. The molecule has 2 aromatic carbocycles. The van der Waals surface area contributed by atoms with E-state index in [1.807, 2.05) is 54.6 Å². The van der Waals surface area contributed by atoms with Crippen molar-refractivity contribution in [1.29, 1.82) is 0 Å². The first-order valence-electron chi connectivity index (χ1n) is 10.8. The number of nitrogens with one attached hydrogen (secondary N) is 2. The lowest BCUT2D eigenvalue weighted by molar-refractivity contribution is -0.148. The first-order valence-corrected chi connectivity index (χ1v) is 10.8. The molecule has 0 radical (unpaired) electrons. The van der Waals surface area contributed by atoms with Gasteiger partial charge in [-0.2, -0.15) is 0 Å². The normalized spacial score (nSPS) is 16.7. The van der Waals surface area contributed by atoms with Gasteiger partial charge in [0.25, 0.3) is 5.91 Å². The fourth-order valence-corrected chi connectivity index (χ4v) is 4.41. The molecule has 0 unspecified atom stereocenters. The lowest BCUT2D eigenvalue weighted by Crippen LogP contribution is -2.59. The van der Waals surface area contributed by atoms with Crippen LogP contribution in [0.1, 0.15) is 48.8 Å².